The van der Waals surface area contributed by atoms with E-state index in [0.717, 1.165) is 37.9 Å². The smallest absolute Gasteiger partial charge is 0.396 e. The minimum atomic E-state index is -4.44. The van der Waals surface area contributed by atoms with Gasteiger partial charge >= 0.3 is 6.18 Å². The van der Waals surface area contributed by atoms with Gasteiger partial charge in [-0.2, -0.15) is 13.2 Å². The van der Waals surface area contributed by atoms with Crippen molar-refractivity contribution in [2.24, 2.45) is 0 Å². The summed E-state index contributed by atoms with van der Waals surface area (Å²) >= 11 is 0. The van der Waals surface area contributed by atoms with E-state index in [4.69, 9.17) is 5.73 Å². The van der Waals surface area contributed by atoms with Gasteiger partial charge in [-0.1, -0.05) is 25.7 Å². The minimum absolute atomic E-state index is 0.253. The van der Waals surface area contributed by atoms with Crippen LogP contribution in [0.15, 0.2) is 12.3 Å². The molecule has 0 atom stereocenters. The zero-order valence-corrected chi connectivity index (χ0v) is 11.6. The third-order valence-corrected chi connectivity index (χ3v) is 3.95. The maximum atomic E-state index is 12.7. The molecule has 0 bridgehead atoms. The molecular formula is C14H20F3N3. The largest absolute Gasteiger partial charge is 0.433 e. The molecule has 20 heavy (non-hydrogen) atoms. The summed E-state index contributed by atoms with van der Waals surface area (Å²) in [6.07, 6.45) is 3.30. The summed E-state index contributed by atoms with van der Waals surface area (Å²) in [6.45, 7) is 0. The van der Waals surface area contributed by atoms with Crippen molar-refractivity contribution in [3.05, 3.63) is 18.0 Å². The first-order chi connectivity index (χ1) is 9.39. The highest BCUT2D eigenvalue weighted by atomic mass is 19.4. The summed E-state index contributed by atoms with van der Waals surface area (Å²) < 4.78 is 38.2. The number of aromatic nitrogens is 1. The van der Waals surface area contributed by atoms with Crippen molar-refractivity contribution >= 4 is 11.4 Å². The van der Waals surface area contributed by atoms with Gasteiger partial charge in [0.15, 0.2) is 0 Å². The van der Waals surface area contributed by atoms with Crippen molar-refractivity contribution in [1.82, 2.24) is 4.98 Å². The van der Waals surface area contributed by atoms with Crippen molar-refractivity contribution in [3.8, 4) is 0 Å². The van der Waals surface area contributed by atoms with Crippen molar-refractivity contribution in [3.63, 3.8) is 0 Å². The quantitative estimate of drug-likeness (QED) is 0.840. The zero-order valence-electron chi connectivity index (χ0n) is 11.6. The number of pyridine rings is 1. The number of hydrogen-bond donors (Lipinski definition) is 1. The van der Waals surface area contributed by atoms with Gasteiger partial charge in [0.25, 0.3) is 0 Å². The highest BCUT2D eigenvalue weighted by Crippen LogP contribution is 2.34. The molecule has 0 saturated heterocycles. The number of halogens is 3. The molecule has 3 nitrogen and oxygen atoms in total. The average molecular weight is 287 g/mol. The van der Waals surface area contributed by atoms with E-state index in [1.165, 1.54) is 12.8 Å². The fourth-order valence-electron chi connectivity index (χ4n) is 2.76. The van der Waals surface area contributed by atoms with Gasteiger partial charge < -0.3 is 10.6 Å². The zero-order chi connectivity index (χ0) is 14.8. The molecule has 2 rings (SSSR count). The number of nitrogens with zero attached hydrogens (tertiary/aromatic N) is 2. The molecule has 2 N–H and O–H groups in total. The van der Waals surface area contributed by atoms with E-state index < -0.39 is 11.9 Å². The maximum absolute atomic E-state index is 12.7. The van der Waals surface area contributed by atoms with Crippen molar-refractivity contribution in [1.29, 1.82) is 0 Å². The molecule has 1 heterocycles. The van der Waals surface area contributed by atoms with Crippen LogP contribution in [0.2, 0.25) is 0 Å². The van der Waals surface area contributed by atoms with E-state index >= 15 is 0 Å². The Morgan fingerprint density at radius 1 is 1.20 bits per heavy atom. The van der Waals surface area contributed by atoms with Gasteiger partial charge in [-0.15, -0.1) is 0 Å². The average Bonchev–Trinajstić information content (AvgIpc) is 2.66. The number of alkyl halides is 3. The van der Waals surface area contributed by atoms with Gasteiger partial charge in [0.1, 0.15) is 5.69 Å². The SMILES string of the molecule is CN(c1cc(C(F)(F)F)ncc1N)C1CCCCCC1. The number of nitrogen functional groups attached to an aromatic ring is 1. The molecule has 0 unspecified atom stereocenters. The van der Waals surface area contributed by atoms with Crippen LogP contribution in [0.1, 0.15) is 44.2 Å². The van der Waals surface area contributed by atoms with E-state index in [9.17, 15) is 13.2 Å². The fourth-order valence-corrected chi connectivity index (χ4v) is 2.76. The minimum Gasteiger partial charge on any atom is -0.396 e. The first-order valence-corrected chi connectivity index (χ1v) is 6.95. The van der Waals surface area contributed by atoms with Crippen LogP contribution < -0.4 is 10.6 Å². The highest BCUT2D eigenvalue weighted by Gasteiger charge is 2.33. The Hall–Kier alpha value is -1.46. The second-order valence-corrected chi connectivity index (χ2v) is 5.38. The third kappa shape index (κ3) is 3.35. The van der Waals surface area contributed by atoms with Crippen LogP contribution in [-0.4, -0.2) is 18.1 Å². The Balaban J connectivity index is 2.25. The lowest BCUT2D eigenvalue weighted by Crippen LogP contribution is -2.32. The summed E-state index contributed by atoms with van der Waals surface area (Å²) in [5, 5.41) is 0. The summed E-state index contributed by atoms with van der Waals surface area (Å²) in [5.41, 5.74) is 5.65. The number of anilines is 2. The molecule has 0 amide bonds. The standard InChI is InChI=1S/C14H20F3N3/c1-20(10-6-4-2-3-5-7-10)12-8-13(14(15,16)17)19-9-11(12)18/h8-10H,2-7,18H2,1H3. The molecule has 1 aliphatic carbocycles. The van der Waals surface area contributed by atoms with E-state index in [0.29, 0.717) is 11.4 Å². The summed E-state index contributed by atoms with van der Waals surface area (Å²) in [7, 11) is 1.82. The molecule has 1 aliphatic rings. The Bertz CT molecular complexity index is 451. The molecule has 112 valence electrons. The van der Waals surface area contributed by atoms with Gasteiger partial charge in [0.2, 0.25) is 0 Å². The molecule has 6 heteroatoms. The molecular weight excluding hydrogens is 267 g/mol. The molecule has 1 saturated carbocycles. The summed E-state index contributed by atoms with van der Waals surface area (Å²) in [6, 6.07) is 1.31. The van der Waals surface area contributed by atoms with Gasteiger partial charge in [-0.25, -0.2) is 4.98 Å². The first-order valence-electron chi connectivity index (χ1n) is 6.95. The predicted octanol–water partition coefficient (Wildman–Crippen LogP) is 3.84. The number of hydrogen-bond acceptors (Lipinski definition) is 3. The Morgan fingerprint density at radius 3 is 2.35 bits per heavy atom. The van der Waals surface area contributed by atoms with Gasteiger partial charge in [0.05, 0.1) is 17.6 Å². The molecule has 1 fully saturated rings. The number of rotatable bonds is 2. The second-order valence-electron chi connectivity index (χ2n) is 5.38. The van der Waals surface area contributed by atoms with Crippen molar-refractivity contribution in [2.45, 2.75) is 50.7 Å². The summed E-state index contributed by atoms with van der Waals surface area (Å²) in [4.78, 5) is 5.27. The van der Waals surface area contributed by atoms with E-state index in [2.05, 4.69) is 4.98 Å². The lowest BCUT2D eigenvalue weighted by molar-refractivity contribution is -0.141. The Labute approximate surface area is 117 Å². The lowest BCUT2D eigenvalue weighted by Gasteiger charge is -2.30. The van der Waals surface area contributed by atoms with E-state index in [1.807, 2.05) is 11.9 Å². The fraction of sp³-hybridized carbons (Fsp3) is 0.643. The normalized spacial score (nSPS) is 17.8. The van der Waals surface area contributed by atoms with Crippen molar-refractivity contribution < 1.29 is 13.2 Å². The maximum Gasteiger partial charge on any atom is 0.433 e. The van der Waals surface area contributed by atoms with Gasteiger partial charge in [-0.3, -0.25) is 0 Å². The van der Waals surface area contributed by atoms with Crippen molar-refractivity contribution in [2.75, 3.05) is 17.7 Å². The molecule has 1 aromatic heterocycles. The highest BCUT2D eigenvalue weighted by molar-refractivity contribution is 5.67. The van der Waals surface area contributed by atoms with Crippen LogP contribution in [0.4, 0.5) is 24.5 Å². The third-order valence-electron chi connectivity index (χ3n) is 3.95. The Kier molecular flexibility index (Phi) is 4.40. The molecule has 1 aromatic rings. The van der Waals surface area contributed by atoms with Crippen LogP contribution in [0.3, 0.4) is 0 Å². The second kappa shape index (κ2) is 5.89. The van der Waals surface area contributed by atoms with E-state index in [-0.39, 0.29) is 6.04 Å². The summed E-state index contributed by atoms with van der Waals surface area (Å²) in [5.74, 6) is 0. The molecule has 0 aliphatic heterocycles. The molecule has 0 radical (unpaired) electrons. The lowest BCUT2D eigenvalue weighted by atomic mass is 10.1. The van der Waals surface area contributed by atoms with Crippen LogP contribution in [0.5, 0.6) is 0 Å². The topological polar surface area (TPSA) is 42.2 Å². The molecule has 0 aromatic carbocycles. The first kappa shape index (κ1) is 14.9. The van der Waals surface area contributed by atoms with Crippen LogP contribution in [0, 0.1) is 0 Å². The Morgan fingerprint density at radius 2 is 1.80 bits per heavy atom. The van der Waals surface area contributed by atoms with Crippen LogP contribution >= 0.6 is 0 Å². The van der Waals surface area contributed by atoms with E-state index in [1.54, 1.807) is 0 Å². The van der Waals surface area contributed by atoms with Crippen LogP contribution in [-0.2, 0) is 6.18 Å². The predicted molar refractivity (Wildman–Crippen MR) is 73.5 cm³/mol. The number of nitrogens with two attached hydrogens (primary N) is 1. The van der Waals surface area contributed by atoms with Gasteiger partial charge in [0, 0.05) is 13.1 Å². The van der Waals surface area contributed by atoms with Gasteiger partial charge in [-0.05, 0) is 18.9 Å². The molecule has 0 spiro atoms. The monoisotopic (exact) mass is 287 g/mol. The van der Waals surface area contributed by atoms with Crippen LogP contribution in [0.25, 0.3) is 0 Å².